The van der Waals surface area contributed by atoms with E-state index in [9.17, 15) is 39.0 Å². The Morgan fingerprint density at radius 3 is 1.89 bits per heavy atom. The van der Waals surface area contributed by atoms with Crippen molar-refractivity contribution in [2.24, 2.45) is 17.4 Å². The number of phenols is 1. The summed E-state index contributed by atoms with van der Waals surface area (Å²) < 4.78 is 0. The minimum atomic E-state index is -1.78. The Kier molecular flexibility index (Phi) is 12.7. The van der Waals surface area contributed by atoms with Gasteiger partial charge in [-0.2, -0.15) is 0 Å². The van der Waals surface area contributed by atoms with Gasteiger partial charge in [-0.05, 0) is 30.0 Å². The van der Waals surface area contributed by atoms with E-state index < -0.39 is 66.2 Å². The predicted molar refractivity (Wildman–Crippen MR) is 133 cm³/mol. The highest BCUT2D eigenvalue weighted by Crippen LogP contribution is 2.13. The Bertz CT molecular complexity index is 1020. The van der Waals surface area contributed by atoms with Gasteiger partial charge in [0.1, 0.15) is 23.9 Å². The van der Waals surface area contributed by atoms with Crippen molar-refractivity contribution in [2.75, 3.05) is 0 Å². The molecule has 4 amide bonds. The van der Waals surface area contributed by atoms with Gasteiger partial charge in [0, 0.05) is 12.8 Å². The van der Waals surface area contributed by atoms with Crippen molar-refractivity contribution in [1.29, 1.82) is 0 Å². The summed E-state index contributed by atoms with van der Waals surface area (Å²) in [6.45, 7) is 3.58. The lowest BCUT2D eigenvalue weighted by molar-refractivity contribution is -0.147. The fraction of sp³-hybridized carbons (Fsp3) is 0.500. The highest BCUT2D eigenvalue weighted by Gasteiger charge is 2.32. The van der Waals surface area contributed by atoms with Crippen LogP contribution in [-0.2, 0) is 35.2 Å². The fourth-order valence-corrected chi connectivity index (χ4v) is 3.33. The molecule has 0 spiro atoms. The molecule has 5 unspecified atom stereocenters. The van der Waals surface area contributed by atoms with Gasteiger partial charge in [-0.3, -0.25) is 24.0 Å². The van der Waals surface area contributed by atoms with Crippen molar-refractivity contribution >= 4 is 35.6 Å². The molecule has 0 aromatic heterocycles. The molecule has 14 nitrogen and oxygen atoms in total. The second-order valence-corrected chi connectivity index (χ2v) is 8.91. The minimum absolute atomic E-state index is 0.0574. The molecule has 0 bridgehead atoms. The van der Waals surface area contributed by atoms with Crippen LogP contribution in [0.2, 0.25) is 0 Å². The van der Waals surface area contributed by atoms with E-state index in [1.807, 2.05) is 6.92 Å². The van der Waals surface area contributed by atoms with Crippen LogP contribution >= 0.6 is 0 Å². The summed E-state index contributed by atoms with van der Waals surface area (Å²) in [6, 6.07) is 0.140. The van der Waals surface area contributed by atoms with E-state index >= 15 is 0 Å². The molecular weight excluding hydrogens is 502 g/mol. The van der Waals surface area contributed by atoms with Gasteiger partial charge in [0.2, 0.25) is 23.6 Å². The number of benzene rings is 1. The smallest absolute Gasteiger partial charge is 0.326 e. The van der Waals surface area contributed by atoms with Crippen molar-refractivity contribution in [3.63, 3.8) is 0 Å². The molecule has 38 heavy (non-hydrogen) atoms. The number of rotatable bonds is 16. The number of primary amides is 1. The monoisotopic (exact) mass is 537 g/mol. The molecule has 1 rings (SSSR count). The molecule has 5 atom stereocenters. The first-order chi connectivity index (χ1) is 17.7. The first-order valence-corrected chi connectivity index (χ1v) is 11.9. The van der Waals surface area contributed by atoms with E-state index in [0.717, 1.165) is 0 Å². The van der Waals surface area contributed by atoms with Gasteiger partial charge in [-0.1, -0.05) is 32.4 Å². The zero-order valence-corrected chi connectivity index (χ0v) is 21.2. The van der Waals surface area contributed by atoms with E-state index in [2.05, 4.69) is 16.0 Å². The molecule has 0 saturated heterocycles. The van der Waals surface area contributed by atoms with E-state index in [1.165, 1.54) is 24.3 Å². The highest BCUT2D eigenvalue weighted by atomic mass is 16.4. The number of carbonyl (C=O) groups is 6. The second-order valence-electron chi connectivity index (χ2n) is 8.91. The van der Waals surface area contributed by atoms with Crippen LogP contribution in [0.5, 0.6) is 5.75 Å². The number of carboxylic acids is 2. The lowest BCUT2D eigenvalue weighted by atomic mass is 9.98. The predicted octanol–water partition coefficient (Wildman–Crippen LogP) is -1.41. The molecule has 0 fully saturated rings. The number of hydrogen-bond acceptors (Lipinski definition) is 8. The van der Waals surface area contributed by atoms with Crippen LogP contribution in [0.25, 0.3) is 0 Å². The molecule has 1 aromatic carbocycles. The van der Waals surface area contributed by atoms with Gasteiger partial charge < -0.3 is 42.7 Å². The number of nitrogens with two attached hydrogens (primary N) is 2. The summed E-state index contributed by atoms with van der Waals surface area (Å²) in [5.41, 5.74) is 11.6. The summed E-state index contributed by atoms with van der Waals surface area (Å²) in [4.78, 5) is 72.5. The molecular formula is C24H35N5O9. The summed E-state index contributed by atoms with van der Waals surface area (Å²) in [6.07, 6.45) is -0.982. The highest BCUT2D eigenvalue weighted by molar-refractivity contribution is 5.95. The summed E-state index contributed by atoms with van der Waals surface area (Å²) in [5, 5.41) is 34.7. The van der Waals surface area contributed by atoms with Crippen molar-refractivity contribution in [3.8, 4) is 5.75 Å². The first-order valence-electron chi connectivity index (χ1n) is 11.9. The van der Waals surface area contributed by atoms with E-state index in [1.54, 1.807) is 6.92 Å². The Balaban J connectivity index is 3.21. The molecule has 0 aliphatic rings. The largest absolute Gasteiger partial charge is 0.508 e. The Morgan fingerprint density at radius 1 is 0.868 bits per heavy atom. The van der Waals surface area contributed by atoms with Crippen LogP contribution in [-0.4, -0.2) is 75.1 Å². The number of hydrogen-bond donors (Lipinski definition) is 8. The number of aliphatic carboxylic acids is 2. The lowest BCUT2D eigenvalue weighted by Gasteiger charge is -2.26. The normalized spacial score (nSPS) is 14.7. The van der Waals surface area contributed by atoms with Crippen LogP contribution in [0, 0.1) is 5.92 Å². The zero-order chi connectivity index (χ0) is 29.0. The summed E-state index contributed by atoms with van der Waals surface area (Å²) in [7, 11) is 0. The minimum Gasteiger partial charge on any atom is -0.508 e. The summed E-state index contributed by atoms with van der Waals surface area (Å²) >= 11 is 0. The molecule has 14 heteroatoms. The quantitative estimate of drug-likeness (QED) is 0.122. The average Bonchev–Trinajstić information content (AvgIpc) is 2.85. The first kappa shape index (κ1) is 31.8. The maximum atomic E-state index is 13.2. The molecule has 10 N–H and O–H groups in total. The van der Waals surface area contributed by atoms with Crippen LogP contribution in [0.3, 0.4) is 0 Å². The van der Waals surface area contributed by atoms with Crippen molar-refractivity contribution in [2.45, 2.75) is 70.1 Å². The average molecular weight is 538 g/mol. The Labute approximate surface area is 219 Å². The van der Waals surface area contributed by atoms with Gasteiger partial charge in [-0.15, -0.1) is 0 Å². The van der Waals surface area contributed by atoms with Gasteiger partial charge in [0.05, 0.1) is 12.5 Å². The van der Waals surface area contributed by atoms with Crippen LogP contribution in [0.4, 0.5) is 0 Å². The standard InChI is InChI=1S/C24H35N5O9/c1-3-12(2)20(26)23(36)27-15(8-9-18(25)31)21(34)28-16(10-13-4-6-14(30)7-5-13)22(35)29-17(24(37)38)11-19(32)33/h4-7,12,15-17,20,30H,3,8-11,26H2,1-2H3,(H2,25,31)(H,27,36)(H,28,34)(H,29,35)(H,32,33)(H,37,38). The SMILES string of the molecule is CCC(C)C(N)C(=O)NC(CCC(N)=O)C(=O)NC(Cc1ccc(O)cc1)C(=O)NC(CC(=O)O)C(=O)O. The summed E-state index contributed by atoms with van der Waals surface area (Å²) in [5.74, 6) is -6.61. The van der Waals surface area contributed by atoms with Crippen molar-refractivity contribution in [1.82, 2.24) is 16.0 Å². The molecule has 0 aliphatic carbocycles. The molecule has 0 saturated carbocycles. The molecule has 0 aliphatic heterocycles. The topological polar surface area (TPSA) is 251 Å². The molecule has 0 radical (unpaired) electrons. The number of amides is 4. The molecule has 210 valence electrons. The molecule has 1 aromatic rings. The number of aromatic hydroxyl groups is 1. The second kappa shape index (κ2) is 15.1. The number of nitrogens with one attached hydrogen (secondary N) is 3. The lowest BCUT2D eigenvalue weighted by Crippen LogP contribution is -2.58. The van der Waals surface area contributed by atoms with E-state index in [4.69, 9.17) is 16.6 Å². The third kappa shape index (κ3) is 10.8. The maximum absolute atomic E-state index is 13.2. The van der Waals surface area contributed by atoms with Crippen molar-refractivity contribution < 1.29 is 44.1 Å². The van der Waals surface area contributed by atoms with Gasteiger partial charge in [0.15, 0.2) is 0 Å². The molecule has 0 heterocycles. The Hall–Kier alpha value is -4.20. The Morgan fingerprint density at radius 2 is 1.39 bits per heavy atom. The van der Waals surface area contributed by atoms with Crippen LogP contribution in [0.1, 0.15) is 45.1 Å². The third-order valence-corrected chi connectivity index (χ3v) is 5.87. The van der Waals surface area contributed by atoms with Gasteiger partial charge in [-0.25, -0.2) is 4.79 Å². The fourth-order valence-electron chi connectivity index (χ4n) is 3.33. The third-order valence-electron chi connectivity index (χ3n) is 5.87. The van der Waals surface area contributed by atoms with Crippen LogP contribution < -0.4 is 27.4 Å². The zero-order valence-electron chi connectivity index (χ0n) is 21.2. The number of carboxylic acid groups (broad SMARTS) is 2. The maximum Gasteiger partial charge on any atom is 0.326 e. The van der Waals surface area contributed by atoms with E-state index in [-0.39, 0.29) is 30.9 Å². The number of phenolic OH excluding ortho intramolecular Hbond substituents is 1. The number of carbonyl (C=O) groups excluding carboxylic acids is 4. The van der Waals surface area contributed by atoms with Crippen LogP contribution in [0.15, 0.2) is 24.3 Å². The van der Waals surface area contributed by atoms with Gasteiger partial charge >= 0.3 is 11.9 Å². The van der Waals surface area contributed by atoms with E-state index in [0.29, 0.717) is 12.0 Å². The van der Waals surface area contributed by atoms with Crippen molar-refractivity contribution in [3.05, 3.63) is 29.8 Å². The van der Waals surface area contributed by atoms with Gasteiger partial charge in [0.25, 0.3) is 0 Å².